The average Bonchev–Trinajstić information content (AvgIpc) is 2.37. The standard InChI is InChI=1S/C13H15F3N4/c1-9-10-4-2-3-5-11(10)12(19-18-9)20(7-6-17)8-13(14,15)16/h2-5H,6-8,17H2,1H3. The van der Waals surface area contributed by atoms with Crippen LogP contribution >= 0.6 is 0 Å². The molecule has 0 saturated carbocycles. The second-order valence-electron chi connectivity index (χ2n) is 4.48. The summed E-state index contributed by atoms with van der Waals surface area (Å²) >= 11 is 0. The van der Waals surface area contributed by atoms with Crippen molar-refractivity contribution in [2.45, 2.75) is 13.1 Å². The van der Waals surface area contributed by atoms with Gasteiger partial charge in [0.2, 0.25) is 0 Å². The molecule has 2 rings (SSSR count). The van der Waals surface area contributed by atoms with E-state index in [0.29, 0.717) is 11.1 Å². The van der Waals surface area contributed by atoms with Crippen molar-refractivity contribution in [3.8, 4) is 0 Å². The summed E-state index contributed by atoms with van der Waals surface area (Å²) in [6.45, 7) is 0.864. The van der Waals surface area contributed by atoms with Crippen LogP contribution < -0.4 is 10.6 Å². The summed E-state index contributed by atoms with van der Waals surface area (Å²) in [4.78, 5) is 1.12. The summed E-state index contributed by atoms with van der Waals surface area (Å²) in [7, 11) is 0. The summed E-state index contributed by atoms with van der Waals surface area (Å²) in [6.07, 6.45) is -4.32. The molecule has 0 radical (unpaired) electrons. The zero-order chi connectivity index (χ0) is 14.8. The maximum Gasteiger partial charge on any atom is 0.405 e. The SMILES string of the molecule is Cc1nnc(N(CCN)CC(F)(F)F)c2ccccc12. The Labute approximate surface area is 114 Å². The normalized spacial score (nSPS) is 11.8. The van der Waals surface area contributed by atoms with E-state index < -0.39 is 12.7 Å². The zero-order valence-corrected chi connectivity index (χ0v) is 11.0. The fourth-order valence-corrected chi connectivity index (χ4v) is 2.09. The van der Waals surface area contributed by atoms with Gasteiger partial charge in [0.15, 0.2) is 5.82 Å². The van der Waals surface area contributed by atoms with Crippen LogP contribution in [0.4, 0.5) is 19.0 Å². The number of alkyl halides is 3. The van der Waals surface area contributed by atoms with Crippen LogP contribution in [-0.2, 0) is 0 Å². The van der Waals surface area contributed by atoms with Gasteiger partial charge < -0.3 is 10.6 Å². The fourth-order valence-electron chi connectivity index (χ4n) is 2.09. The molecule has 0 aliphatic heterocycles. The molecule has 7 heteroatoms. The van der Waals surface area contributed by atoms with Crippen LogP contribution in [0.1, 0.15) is 5.69 Å². The number of anilines is 1. The highest BCUT2D eigenvalue weighted by atomic mass is 19.4. The van der Waals surface area contributed by atoms with Gasteiger partial charge in [0.1, 0.15) is 6.54 Å². The number of aromatic nitrogens is 2. The predicted molar refractivity (Wildman–Crippen MR) is 71.6 cm³/mol. The molecule has 0 amide bonds. The Morgan fingerprint density at radius 2 is 1.80 bits per heavy atom. The molecule has 0 unspecified atom stereocenters. The van der Waals surface area contributed by atoms with Crippen LogP contribution in [0.2, 0.25) is 0 Å². The Morgan fingerprint density at radius 1 is 1.15 bits per heavy atom. The monoisotopic (exact) mass is 284 g/mol. The summed E-state index contributed by atoms with van der Waals surface area (Å²) < 4.78 is 38.0. The first kappa shape index (κ1) is 14.5. The molecule has 1 aromatic carbocycles. The first-order valence-electron chi connectivity index (χ1n) is 6.16. The molecule has 20 heavy (non-hydrogen) atoms. The molecular formula is C13H15F3N4. The quantitative estimate of drug-likeness (QED) is 0.935. The molecule has 0 atom stereocenters. The number of hydrogen-bond donors (Lipinski definition) is 1. The minimum atomic E-state index is -4.32. The van der Waals surface area contributed by atoms with E-state index in [0.717, 1.165) is 10.3 Å². The summed E-state index contributed by atoms with van der Waals surface area (Å²) in [5, 5.41) is 9.31. The largest absolute Gasteiger partial charge is 0.405 e. The van der Waals surface area contributed by atoms with Gasteiger partial charge in [0.25, 0.3) is 0 Å². The molecular weight excluding hydrogens is 269 g/mol. The maximum atomic E-state index is 12.7. The number of fused-ring (bicyclic) bond motifs is 1. The van der Waals surface area contributed by atoms with Crippen molar-refractivity contribution < 1.29 is 13.2 Å². The number of rotatable bonds is 4. The molecule has 0 saturated heterocycles. The molecule has 2 aromatic rings. The lowest BCUT2D eigenvalue weighted by Crippen LogP contribution is -2.38. The molecule has 0 fully saturated rings. The van der Waals surface area contributed by atoms with Gasteiger partial charge in [0.05, 0.1) is 5.69 Å². The van der Waals surface area contributed by atoms with E-state index in [-0.39, 0.29) is 18.9 Å². The van der Waals surface area contributed by atoms with E-state index in [1.807, 2.05) is 12.1 Å². The third-order valence-electron chi connectivity index (χ3n) is 2.92. The Morgan fingerprint density at radius 3 is 2.40 bits per heavy atom. The van der Waals surface area contributed by atoms with Crippen molar-refractivity contribution >= 4 is 16.6 Å². The second kappa shape index (κ2) is 5.62. The molecule has 108 valence electrons. The lowest BCUT2D eigenvalue weighted by molar-refractivity contribution is -0.119. The van der Waals surface area contributed by atoms with Gasteiger partial charge in [-0.05, 0) is 6.92 Å². The molecule has 0 bridgehead atoms. The second-order valence-corrected chi connectivity index (χ2v) is 4.48. The van der Waals surface area contributed by atoms with E-state index in [9.17, 15) is 13.2 Å². The summed E-state index contributed by atoms with van der Waals surface area (Å²) in [5.41, 5.74) is 6.09. The number of hydrogen-bond acceptors (Lipinski definition) is 4. The smallest absolute Gasteiger partial charge is 0.344 e. The van der Waals surface area contributed by atoms with Crippen molar-refractivity contribution in [1.82, 2.24) is 10.2 Å². The van der Waals surface area contributed by atoms with Crippen molar-refractivity contribution in [2.75, 3.05) is 24.5 Å². The summed E-state index contributed by atoms with van der Waals surface area (Å²) in [5.74, 6) is 0.217. The number of benzene rings is 1. The molecule has 0 spiro atoms. The third kappa shape index (κ3) is 3.16. The van der Waals surface area contributed by atoms with Gasteiger partial charge >= 0.3 is 6.18 Å². The molecule has 1 heterocycles. The van der Waals surface area contributed by atoms with Crippen LogP contribution in [0.3, 0.4) is 0 Å². The molecule has 0 aliphatic carbocycles. The highest BCUT2D eigenvalue weighted by molar-refractivity contribution is 5.93. The van der Waals surface area contributed by atoms with Gasteiger partial charge in [-0.3, -0.25) is 0 Å². The number of aryl methyl sites for hydroxylation is 1. The van der Waals surface area contributed by atoms with Crippen molar-refractivity contribution in [1.29, 1.82) is 0 Å². The van der Waals surface area contributed by atoms with Gasteiger partial charge in [-0.25, -0.2) is 0 Å². The Kier molecular flexibility index (Phi) is 4.08. The van der Waals surface area contributed by atoms with Crippen molar-refractivity contribution in [2.24, 2.45) is 5.73 Å². The number of nitrogens with zero attached hydrogens (tertiary/aromatic N) is 3. The van der Waals surface area contributed by atoms with E-state index >= 15 is 0 Å². The van der Waals surface area contributed by atoms with Gasteiger partial charge in [-0.1, -0.05) is 24.3 Å². The zero-order valence-electron chi connectivity index (χ0n) is 11.0. The Balaban J connectivity index is 2.51. The average molecular weight is 284 g/mol. The van der Waals surface area contributed by atoms with Crippen LogP contribution in [0.15, 0.2) is 24.3 Å². The first-order valence-corrected chi connectivity index (χ1v) is 6.16. The van der Waals surface area contributed by atoms with Gasteiger partial charge in [0, 0.05) is 23.9 Å². The Hall–Kier alpha value is -1.89. The van der Waals surface area contributed by atoms with Crippen molar-refractivity contribution in [3.05, 3.63) is 30.0 Å². The lowest BCUT2D eigenvalue weighted by atomic mass is 10.1. The van der Waals surface area contributed by atoms with Gasteiger partial charge in [-0.15, -0.1) is 5.10 Å². The molecule has 1 aromatic heterocycles. The fraction of sp³-hybridized carbons (Fsp3) is 0.385. The lowest BCUT2D eigenvalue weighted by Gasteiger charge is -2.25. The minimum Gasteiger partial charge on any atom is -0.344 e. The summed E-state index contributed by atoms with van der Waals surface area (Å²) in [6, 6.07) is 7.14. The van der Waals surface area contributed by atoms with E-state index in [4.69, 9.17) is 5.73 Å². The number of nitrogens with two attached hydrogens (primary N) is 1. The Bertz CT molecular complexity index is 598. The first-order chi connectivity index (χ1) is 9.42. The van der Waals surface area contributed by atoms with E-state index in [2.05, 4.69) is 10.2 Å². The predicted octanol–water partition coefficient (Wildman–Crippen LogP) is 2.27. The minimum absolute atomic E-state index is 0.0707. The molecule has 0 aliphatic rings. The number of halogens is 3. The van der Waals surface area contributed by atoms with E-state index in [1.54, 1.807) is 19.1 Å². The molecule has 4 nitrogen and oxygen atoms in total. The maximum absolute atomic E-state index is 12.7. The van der Waals surface area contributed by atoms with Gasteiger partial charge in [-0.2, -0.15) is 18.3 Å². The highest BCUT2D eigenvalue weighted by Gasteiger charge is 2.32. The third-order valence-corrected chi connectivity index (χ3v) is 2.92. The topological polar surface area (TPSA) is 55.0 Å². The van der Waals surface area contributed by atoms with Crippen LogP contribution in [0.25, 0.3) is 10.8 Å². The van der Waals surface area contributed by atoms with Crippen molar-refractivity contribution in [3.63, 3.8) is 0 Å². The van der Waals surface area contributed by atoms with Crippen LogP contribution in [-0.4, -0.2) is 36.0 Å². The molecule has 2 N–H and O–H groups in total. The van der Waals surface area contributed by atoms with Crippen LogP contribution in [0.5, 0.6) is 0 Å². The van der Waals surface area contributed by atoms with Crippen LogP contribution in [0, 0.1) is 6.92 Å². The van der Waals surface area contributed by atoms with E-state index in [1.165, 1.54) is 0 Å². The highest BCUT2D eigenvalue weighted by Crippen LogP contribution is 2.27.